The van der Waals surface area contributed by atoms with Crippen LogP contribution in [0.25, 0.3) is 16.3 Å². The van der Waals surface area contributed by atoms with Crippen LogP contribution in [0, 0.1) is 11.7 Å². The molecule has 2 nitrogen and oxygen atoms in total. The van der Waals surface area contributed by atoms with Gasteiger partial charge in [-0.1, -0.05) is 49.4 Å². The van der Waals surface area contributed by atoms with Gasteiger partial charge in [-0.3, -0.25) is 4.79 Å². The van der Waals surface area contributed by atoms with Crippen molar-refractivity contribution >= 4 is 27.8 Å². The lowest BCUT2D eigenvalue weighted by Gasteiger charge is -2.36. The second kappa shape index (κ2) is 6.05. The van der Waals surface area contributed by atoms with Crippen molar-refractivity contribution in [1.82, 2.24) is 0 Å². The van der Waals surface area contributed by atoms with Crippen LogP contribution in [-0.2, 0) is 4.79 Å². The number of benzene rings is 3. The first-order valence-corrected chi connectivity index (χ1v) is 9.42. The summed E-state index contributed by atoms with van der Waals surface area (Å²) in [6, 6.07) is 18.8. The molecule has 3 aromatic rings. The molecular weight excluding hydrogens is 337 g/mol. The van der Waals surface area contributed by atoms with Crippen molar-refractivity contribution in [2.45, 2.75) is 25.8 Å². The fraction of sp³-hybridized carbons (Fsp3) is 0.208. The molecule has 0 aromatic heterocycles. The molecule has 1 aliphatic carbocycles. The average molecular weight is 357 g/mol. The van der Waals surface area contributed by atoms with Crippen LogP contribution in [0.3, 0.4) is 0 Å². The Balaban J connectivity index is 1.78. The van der Waals surface area contributed by atoms with Crippen LogP contribution in [0.15, 0.2) is 66.2 Å². The molecular formula is C24H20FNO. The number of Topliss-reactive ketones (excluding diaryl/α,β-unsaturated/α-hetero) is 1. The summed E-state index contributed by atoms with van der Waals surface area (Å²) >= 11 is 0. The van der Waals surface area contributed by atoms with Crippen molar-refractivity contribution in [3.05, 3.63) is 83.2 Å². The van der Waals surface area contributed by atoms with Gasteiger partial charge >= 0.3 is 0 Å². The lowest BCUT2D eigenvalue weighted by molar-refractivity contribution is -0.116. The number of fused-ring (bicyclic) bond motifs is 4. The molecule has 0 radical (unpaired) electrons. The summed E-state index contributed by atoms with van der Waals surface area (Å²) in [6.07, 6.45) is 1.46. The van der Waals surface area contributed by atoms with E-state index in [1.807, 2.05) is 12.1 Å². The lowest BCUT2D eigenvalue weighted by atomic mass is 9.74. The molecule has 3 heteroatoms. The van der Waals surface area contributed by atoms with Crippen LogP contribution >= 0.6 is 0 Å². The smallest absolute Gasteiger partial charge is 0.161 e. The first-order valence-electron chi connectivity index (χ1n) is 9.42. The summed E-state index contributed by atoms with van der Waals surface area (Å²) in [6.45, 7) is 2.14. The zero-order chi connectivity index (χ0) is 18.5. The molecule has 27 heavy (non-hydrogen) atoms. The highest BCUT2D eigenvalue weighted by Gasteiger charge is 2.36. The Kier molecular flexibility index (Phi) is 3.64. The van der Waals surface area contributed by atoms with E-state index in [4.69, 9.17) is 0 Å². The van der Waals surface area contributed by atoms with E-state index in [0.717, 1.165) is 34.4 Å². The average Bonchev–Trinajstić information content (AvgIpc) is 2.67. The molecule has 0 fully saturated rings. The van der Waals surface area contributed by atoms with Gasteiger partial charge in [0, 0.05) is 23.2 Å². The van der Waals surface area contributed by atoms with Gasteiger partial charge in [-0.15, -0.1) is 0 Å². The molecule has 2 atom stereocenters. The second-order valence-electron chi connectivity index (χ2n) is 7.67. The van der Waals surface area contributed by atoms with E-state index in [-0.39, 0.29) is 17.6 Å². The number of carbonyl (C=O) groups excluding carboxylic acids is 1. The zero-order valence-electron chi connectivity index (χ0n) is 15.1. The third kappa shape index (κ3) is 2.57. The maximum atomic E-state index is 13.4. The minimum atomic E-state index is -0.265. The van der Waals surface area contributed by atoms with Crippen LogP contribution in [0.5, 0.6) is 0 Å². The highest BCUT2D eigenvalue weighted by atomic mass is 19.1. The SMILES string of the molecule is CC1CC(=O)C2=C(C1)c1c(ccc3ccccc13)NC2c1ccc(F)cc1. The summed E-state index contributed by atoms with van der Waals surface area (Å²) in [4.78, 5) is 13.1. The highest BCUT2D eigenvalue weighted by molar-refractivity contribution is 6.12. The Labute approximate surface area is 157 Å². The fourth-order valence-electron chi connectivity index (χ4n) is 4.55. The predicted octanol–water partition coefficient (Wildman–Crippen LogP) is 5.90. The number of nitrogens with one attached hydrogen (secondary N) is 1. The molecule has 2 unspecified atom stereocenters. The van der Waals surface area contributed by atoms with Crippen molar-refractivity contribution < 1.29 is 9.18 Å². The number of halogens is 1. The molecule has 1 aliphatic heterocycles. The summed E-state index contributed by atoms with van der Waals surface area (Å²) in [5.41, 5.74) is 5.12. The third-order valence-electron chi connectivity index (χ3n) is 5.73. The normalized spacial score (nSPS) is 21.6. The van der Waals surface area contributed by atoms with Gasteiger partial charge in [0.25, 0.3) is 0 Å². The number of hydrogen-bond acceptors (Lipinski definition) is 2. The molecule has 0 saturated heterocycles. The van der Waals surface area contributed by atoms with E-state index in [1.54, 1.807) is 12.1 Å². The second-order valence-corrected chi connectivity index (χ2v) is 7.67. The maximum absolute atomic E-state index is 13.4. The van der Waals surface area contributed by atoms with Gasteiger partial charge in [-0.2, -0.15) is 0 Å². The van der Waals surface area contributed by atoms with Gasteiger partial charge in [0.15, 0.2) is 5.78 Å². The molecule has 5 rings (SSSR count). The number of rotatable bonds is 1. The molecule has 0 saturated carbocycles. The molecule has 2 aliphatic rings. The van der Waals surface area contributed by atoms with E-state index in [2.05, 4.69) is 36.5 Å². The van der Waals surface area contributed by atoms with Crippen LogP contribution in [0.4, 0.5) is 10.1 Å². The summed E-state index contributed by atoms with van der Waals surface area (Å²) in [7, 11) is 0. The van der Waals surface area contributed by atoms with Crippen LogP contribution in [0.1, 0.15) is 36.9 Å². The van der Waals surface area contributed by atoms with Gasteiger partial charge in [0.2, 0.25) is 0 Å². The number of allylic oxidation sites excluding steroid dienone is 1. The predicted molar refractivity (Wildman–Crippen MR) is 107 cm³/mol. The minimum Gasteiger partial charge on any atom is -0.373 e. The zero-order valence-corrected chi connectivity index (χ0v) is 15.1. The Bertz CT molecular complexity index is 1100. The molecule has 0 bridgehead atoms. The summed E-state index contributed by atoms with van der Waals surface area (Å²) in [5.74, 6) is 0.262. The topological polar surface area (TPSA) is 29.1 Å². The minimum absolute atomic E-state index is 0.198. The Morgan fingerprint density at radius 2 is 1.74 bits per heavy atom. The summed E-state index contributed by atoms with van der Waals surface area (Å²) < 4.78 is 13.4. The Morgan fingerprint density at radius 3 is 2.56 bits per heavy atom. The molecule has 1 N–H and O–H groups in total. The number of ketones is 1. The largest absolute Gasteiger partial charge is 0.373 e. The molecule has 1 heterocycles. The van der Waals surface area contributed by atoms with E-state index < -0.39 is 0 Å². The Morgan fingerprint density at radius 1 is 0.963 bits per heavy atom. The first-order chi connectivity index (χ1) is 13.1. The van der Waals surface area contributed by atoms with Crippen LogP contribution < -0.4 is 5.32 Å². The lowest BCUT2D eigenvalue weighted by Crippen LogP contribution is -2.29. The van der Waals surface area contributed by atoms with Crippen molar-refractivity contribution in [3.8, 4) is 0 Å². The molecule has 3 aromatic carbocycles. The number of carbonyl (C=O) groups is 1. The van der Waals surface area contributed by atoms with Crippen LogP contribution in [-0.4, -0.2) is 5.78 Å². The molecule has 134 valence electrons. The molecule has 0 spiro atoms. The van der Waals surface area contributed by atoms with Gasteiger partial charge in [-0.25, -0.2) is 4.39 Å². The van der Waals surface area contributed by atoms with Crippen molar-refractivity contribution in [1.29, 1.82) is 0 Å². The van der Waals surface area contributed by atoms with Crippen molar-refractivity contribution in [2.24, 2.45) is 5.92 Å². The van der Waals surface area contributed by atoms with E-state index in [9.17, 15) is 9.18 Å². The monoisotopic (exact) mass is 357 g/mol. The van der Waals surface area contributed by atoms with E-state index in [0.29, 0.717) is 12.3 Å². The number of anilines is 1. The van der Waals surface area contributed by atoms with E-state index in [1.165, 1.54) is 22.9 Å². The van der Waals surface area contributed by atoms with Crippen molar-refractivity contribution in [2.75, 3.05) is 5.32 Å². The van der Waals surface area contributed by atoms with Gasteiger partial charge in [-0.05, 0) is 52.4 Å². The maximum Gasteiger partial charge on any atom is 0.161 e. The fourth-order valence-corrected chi connectivity index (χ4v) is 4.55. The highest BCUT2D eigenvalue weighted by Crippen LogP contribution is 2.48. The van der Waals surface area contributed by atoms with Gasteiger partial charge in [0.1, 0.15) is 5.82 Å². The van der Waals surface area contributed by atoms with E-state index >= 15 is 0 Å². The first kappa shape index (κ1) is 16.2. The third-order valence-corrected chi connectivity index (χ3v) is 5.73. The van der Waals surface area contributed by atoms with Crippen LogP contribution in [0.2, 0.25) is 0 Å². The van der Waals surface area contributed by atoms with Crippen molar-refractivity contribution in [3.63, 3.8) is 0 Å². The van der Waals surface area contributed by atoms with Gasteiger partial charge in [0.05, 0.1) is 6.04 Å². The molecule has 0 amide bonds. The standard InChI is InChI=1S/C24H20FNO/c1-14-12-19-22-18-5-3-2-4-15(18)8-11-20(22)26-24(23(19)21(27)13-14)16-6-9-17(25)10-7-16/h2-11,14,24,26H,12-13H2,1H3. The quantitative estimate of drug-likeness (QED) is 0.587. The number of hydrogen-bond donors (Lipinski definition) is 1. The Hall–Kier alpha value is -2.94. The summed E-state index contributed by atoms with van der Waals surface area (Å²) in [5, 5.41) is 5.92. The van der Waals surface area contributed by atoms with Gasteiger partial charge < -0.3 is 5.32 Å².